The molecule has 3 rings (SSSR count). The van der Waals surface area contributed by atoms with Crippen molar-refractivity contribution in [3.63, 3.8) is 0 Å². The average Bonchev–Trinajstić information content (AvgIpc) is 2.66. The van der Waals surface area contributed by atoms with Crippen molar-refractivity contribution in [2.24, 2.45) is 9.98 Å². The van der Waals surface area contributed by atoms with Crippen LogP contribution in [0.4, 0.5) is 0 Å². The molecule has 8 heteroatoms. The average molecular weight is 374 g/mol. The van der Waals surface area contributed by atoms with Crippen LogP contribution in [0.5, 0.6) is 5.75 Å². The fourth-order valence-corrected chi connectivity index (χ4v) is 2.37. The van der Waals surface area contributed by atoms with Crippen LogP contribution in [0.15, 0.2) is 64.6 Å². The predicted molar refractivity (Wildman–Crippen MR) is 98.1 cm³/mol. The van der Waals surface area contributed by atoms with Crippen LogP contribution in [0.3, 0.4) is 0 Å². The Kier molecular flexibility index (Phi) is 6.05. The van der Waals surface area contributed by atoms with Crippen LogP contribution in [-0.2, 0) is 14.3 Å². The smallest absolute Gasteiger partial charge is 0.301 e. The number of hydrogen-bond donors (Lipinski definition) is 1. The molecule has 0 bridgehead atoms. The zero-order valence-electron chi connectivity index (χ0n) is 13.7. The Morgan fingerprint density at radius 3 is 2.38 bits per heavy atom. The van der Waals surface area contributed by atoms with Crippen molar-refractivity contribution < 1.29 is 19.0 Å². The molecule has 0 amide bonds. The van der Waals surface area contributed by atoms with Crippen molar-refractivity contribution in [3.05, 3.63) is 54.6 Å². The van der Waals surface area contributed by atoms with Gasteiger partial charge in [0, 0.05) is 0 Å². The van der Waals surface area contributed by atoms with Crippen molar-refractivity contribution in [1.82, 2.24) is 5.32 Å². The highest BCUT2D eigenvalue weighted by molar-refractivity contribution is 6.22. The summed E-state index contributed by atoms with van der Waals surface area (Å²) in [5, 5.41) is 2.78. The molecular formula is C18H16ClN3O4. The first-order chi connectivity index (χ1) is 12.7. The molecule has 26 heavy (non-hydrogen) atoms. The lowest BCUT2D eigenvalue weighted by Gasteiger charge is -2.18. The zero-order chi connectivity index (χ0) is 18.2. The third-order valence-corrected chi connectivity index (χ3v) is 3.54. The number of halogens is 1. The molecule has 0 spiro atoms. The van der Waals surface area contributed by atoms with Crippen LogP contribution >= 0.6 is 11.6 Å². The maximum Gasteiger partial charge on any atom is 0.301 e. The summed E-state index contributed by atoms with van der Waals surface area (Å²) in [6, 6.07) is 17.9. The number of nitrogens with zero attached hydrogens (tertiary/aromatic N) is 2. The van der Waals surface area contributed by atoms with Gasteiger partial charge in [-0.15, -0.1) is 0 Å². The highest BCUT2D eigenvalue weighted by Gasteiger charge is 2.17. The molecule has 134 valence electrons. The van der Waals surface area contributed by atoms with E-state index in [0.29, 0.717) is 12.2 Å². The van der Waals surface area contributed by atoms with Crippen molar-refractivity contribution in [2.45, 2.75) is 5.62 Å². The molecule has 2 aromatic rings. The minimum atomic E-state index is -0.864. The number of benzene rings is 2. The summed E-state index contributed by atoms with van der Waals surface area (Å²) >= 11 is 5.96. The normalized spacial score (nSPS) is 16.0. The summed E-state index contributed by atoms with van der Waals surface area (Å²) in [4.78, 5) is 18.1. The molecular weight excluding hydrogens is 358 g/mol. The molecule has 1 N–H and O–H groups in total. The summed E-state index contributed by atoms with van der Waals surface area (Å²) < 4.78 is 15.5. The van der Waals surface area contributed by atoms with E-state index in [1.807, 2.05) is 54.6 Å². The van der Waals surface area contributed by atoms with Gasteiger partial charge in [-0.05, 0) is 23.3 Å². The van der Waals surface area contributed by atoms with E-state index in [0.717, 1.165) is 11.1 Å². The molecule has 1 atom stereocenters. The lowest BCUT2D eigenvalue weighted by atomic mass is 10.1. The van der Waals surface area contributed by atoms with Crippen molar-refractivity contribution in [1.29, 1.82) is 0 Å². The third-order valence-electron chi connectivity index (χ3n) is 3.35. The molecule has 0 aliphatic carbocycles. The second-order valence-corrected chi connectivity index (χ2v) is 5.50. The Labute approximate surface area is 155 Å². The lowest BCUT2D eigenvalue weighted by molar-refractivity contribution is -0.129. The van der Waals surface area contributed by atoms with Crippen LogP contribution in [0.1, 0.15) is 0 Å². The first kappa shape index (κ1) is 17.8. The van der Waals surface area contributed by atoms with Gasteiger partial charge >= 0.3 is 6.02 Å². The first-order valence-electron chi connectivity index (χ1n) is 7.83. The Morgan fingerprint density at radius 1 is 0.962 bits per heavy atom. The van der Waals surface area contributed by atoms with Gasteiger partial charge in [0.25, 0.3) is 12.5 Å². The van der Waals surface area contributed by atoms with E-state index in [4.69, 9.17) is 21.1 Å². The van der Waals surface area contributed by atoms with E-state index in [-0.39, 0.29) is 25.3 Å². The maximum atomic E-state index is 10.1. The highest BCUT2D eigenvalue weighted by atomic mass is 35.5. The SMILES string of the molecule is O=COCCOC1=NC(Cl)N=C(Oc2ccc(-c3ccccc3)cc2)N1. The number of aliphatic imine (C=N–C) groups is 2. The summed E-state index contributed by atoms with van der Waals surface area (Å²) in [5.41, 5.74) is 1.33. The number of rotatable bonds is 6. The second-order valence-electron chi connectivity index (χ2n) is 5.11. The summed E-state index contributed by atoms with van der Waals surface area (Å²) in [7, 11) is 0. The Bertz CT molecular complexity index is 794. The van der Waals surface area contributed by atoms with Gasteiger partial charge in [-0.1, -0.05) is 54.1 Å². The molecule has 1 heterocycles. The molecule has 2 aromatic carbocycles. The Balaban J connectivity index is 1.59. The molecule has 0 saturated heterocycles. The second kappa shape index (κ2) is 8.87. The van der Waals surface area contributed by atoms with Gasteiger partial charge in [-0.2, -0.15) is 9.98 Å². The van der Waals surface area contributed by atoms with E-state index in [9.17, 15) is 4.79 Å². The largest absolute Gasteiger partial charge is 0.464 e. The fraction of sp³-hybridized carbons (Fsp3) is 0.167. The number of carbonyl (C=O) groups is 1. The maximum absolute atomic E-state index is 10.1. The topological polar surface area (TPSA) is 81.5 Å². The van der Waals surface area contributed by atoms with Crippen LogP contribution in [0, 0.1) is 0 Å². The van der Waals surface area contributed by atoms with Crippen LogP contribution < -0.4 is 10.1 Å². The van der Waals surface area contributed by atoms with Gasteiger partial charge < -0.3 is 14.2 Å². The van der Waals surface area contributed by atoms with E-state index in [1.165, 1.54) is 0 Å². The summed E-state index contributed by atoms with van der Waals surface area (Å²) in [5.74, 6) is 0.588. The standard InChI is InChI=1S/C18H16ClN3O4/c19-16-20-17(25-11-10-24-12-23)22-18(21-16)26-15-8-6-14(7-9-15)13-4-2-1-3-5-13/h1-9,12,16H,10-11H2,(H,20,21,22). The van der Waals surface area contributed by atoms with E-state index < -0.39 is 5.62 Å². The summed E-state index contributed by atoms with van der Waals surface area (Å²) in [6.07, 6.45) is 0. The first-order valence-corrected chi connectivity index (χ1v) is 8.26. The molecule has 0 aromatic heterocycles. The lowest BCUT2D eigenvalue weighted by Crippen LogP contribution is -2.40. The number of carbonyl (C=O) groups excluding carboxylic acids is 1. The number of ether oxygens (including phenoxy) is 3. The van der Waals surface area contributed by atoms with Gasteiger partial charge in [0.15, 0.2) is 0 Å². The third kappa shape index (κ3) is 4.97. The Morgan fingerprint density at radius 2 is 1.65 bits per heavy atom. The van der Waals surface area contributed by atoms with Crippen LogP contribution in [-0.4, -0.2) is 37.4 Å². The molecule has 1 aliphatic rings. The van der Waals surface area contributed by atoms with E-state index >= 15 is 0 Å². The number of hydrogen-bond acceptors (Lipinski definition) is 7. The fourth-order valence-electron chi connectivity index (χ4n) is 2.20. The quantitative estimate of drug-likeness (QED) is 0.364. The number of amidine groups is 2. The van der Waals surface area contributed by atoms with Crippen LogP contribution in [0.2, 0.25) is 0 Å². The molecule has 1 aliphatic heterocycles. The van der Waals surface area contributed by atoms with Gasteiger partial charge in [0.05, 0.1) is 0 Å². The molecule has 0 fully saturated rings. The minimum Gasteiger partial charge on any atom is -0.464 e. The van der Waals surface area contributed by atoms with E-state index in [1.54, 1.807) is 0 Å². The molecule has 0 saturated carbocycles. The monoisotopic (exact) mass is 373 g/mol. The van der Waals surface area contributed by atoms with E-state index in [2.05, 4.69) is 20.0 Å². The van der Waals surface area contributed by atoms with Crippen molar-refractivity contribution in [2.75, 3.05) is 13.2 Å². The van der Waals surface area contributed by atoms with Crippen molar-refractivity contribution in [3.8, 4) is 16.9 Å². The van der Waals surface area contributed by atoms with Gasteiger partial charge in [-0.25, -0.2) is 0 Å². The van der Waals surface area contributed by atoms with Gasteiger partial charge in [-0.3, -0.25) is 10.1 Å². The Hall–Kier alpha value is -3.06. The molecule has 0 radical (unpaired) electrons. The summed E-state index contributed by atoms with van der Waals surface area (Å²) in [6.45, 7) is 0.581. The highest BCUT2D eigenvalue weighted by Crippen LogP contribution is 2.22. The number of alkyl halides is 1. The van der Waals surface area contributed by atoms with Crippen molar-refractivity contribution >= 4 is 30.1 Å². The van der Waals surface area contributed by atoms with Gasteiger partial charge in [0.2, 0.25) is 5.62 Å². The molecule has 7 nitrogen and oxygen atoms in total. The van der Waals surface area contributed by atoms with Crippen LogP contribution in [0.25, 0.3) is 11.1 Å². The molecule has 1 unspecified atom stereocenters. The number of nitrogens with one attached hydrogen (secondary N) is 1. The van der Waals surface area contributed by atoms with Gasteiger partial charge in [0.1, 0.15) is 19.0 Å². The zero-order valence-corrected chi connectivity index (χ0v) is 14.4. The minimum absolute atomic E-state index is 0.103. The predicted octanol–water partition coefficient (Wildman–Crippen LogP) is 2.76.